The first-order chi connectivity index (χ1) is 30.3. The lowest BCUT2D eigenvalue weighted by Crippen LogP contribution is -2.26. The maximum atomic E-state index is 2.55. The summed E-state index contributed by atoms with van der Waals surface area (Å²) < 4.78 is 0. The molecule has 1 spiro atoms. The van der Waals surface area contributed by atoms with Crippen molar-refractivity contribution in [2.45, 2.75) is 43.9 Å². The van der Waals surface area contributed by atoms with Gasteiger partial charge in [-0.05, 0) is 125 Å². The Hall–Kier alpha value is -7.22. The number of hydrogen-bond acceptors (Lipinski definition) is 1. The Bertz CT molecular complexity index is 3210. The normalized spacial score (nSPS) is 15.5. The molecule has 0 unspecified atom stereocenters. The molecule has 9 aromatic carbocycles. The SMILES string of the molecule is CC1(C)c2ccccc2-c2ccc(N(c3ccc4c(c3)C(C)(C)c3ccccc3-4)c3ccccc3-c3cccc4c3C3(c5ccccc5-c5ccccc53)c3ccccc3-4)cc21. The van der Waals surface area contributed by atoms with Gasteiger partial charge in [0.1, 0.15) is 0 Å². The van der Waals surface area contributed by atoms with Crippen LogP contribution >= 0.6 is 0 Å². The second-order valence-electron chi connectivity index (χ2n) is 18.8. The van der Waals surface area contributed by atoms with Crippen LogP contribution in [0.2, 0.25) is 0 Å². The molecule has 0 amide bonds. The zero-order valence-electron chi connectivity index (χ0n) is 35.5. The van der Waals surface area contributed by atoms with Gasteiger partial charge in [0.05, 0.1) is 11.1 Å². The van der Waals surface area contributed by atoms with Crippen molar-refractivity contribution in [3.05, 3.63) is 245 Å². The molecule has 9 aromatic rings. The smallest absolute Gasteiger partial charge is 0.0731 e. The quantitative estimate of drug-likeness (QED) is 0.172. The molecular weight excluding hydrogens is 747 g/mol. The Morgan fingerprint density at radius 3 is 1.06 bits per heavy atom. The number of fused-ring (bicyclic) bond motifs is 16. The zero-order valence-corrected chi connectivity index (χ0v) is 35.5. The molecule has 0 atom stereocenters. The van der Waals surface area contributed by atoms with Crippen molar-refractivity contribution in [1.82, 2.24) is 0 Å². The first-order valence-corrected chi connectivity index (χ1v) is 22.1. The van der Waals surface area contributed by atoms with Gasteiger partial charge in [-0.1, -0.05) is 198 Å². The second kappa shape index (κ2) is 12.4. The van der Waals surface area contributed by atoms with Crippen molar-refractivity contribution in [2.24, 2.45) is 0 Å². The molecule has 0 N–H and O–H groups in total. The van der Waals surface area contributed by atoms with Crippen LogP contribution < -0.4 is 4.90 Å². The number of nitrogens with zero attached hydrogens (tertiary/aromatic N) is 1. The molecule has 0 saturated heterocycles. The summed E-state index contributed by atoms with van der Waals surface area (Å²) in [6.45, 7) is 9.54. The highest BCUT2D eigenvalue weighted by molar-refractivity contribution is 6.01. The summed E-state index contributed by atoms with van der Waals surface area (Å²) in [6.07, 6.45) is 0. The lowest BCUT2D eigenvalue weighted by molar-refractivity contribution is 0.660. The van der Waals surface area contributed by atoms with E-state index in [2.05, 4.69) is 233 Å². The molecule has 4 aliphatic carbocycles. The minimum atomic E-state index is -0.472. The summed E-state index contributed by atoms with van der Waals surface area (Å²) in [5.74, 6) is 0. The van der Waals surface area contributed by atoms with E-state index < -0.39 is 5.41 Å². The van der Waals surface area contributed by atoms with Gasteiger partial charge in [0.15, 0.2) is 0 Å². The Balaban J connectivity index is 1.09. The number of anilines is 3. The molecule has 62 heavy (non-hydrogen) atoms. The van der Waals surface area contributed by atoms with Crippen LogP contribution in [0, 0.1) is 0 Å². The lowest BCUT2D eigenvalue weighted by Gasteiger charge is -2.34. The maximum absolute atomic E-state index is 2.55. The summed E-state index contributed by atoms with van der Waals surface area (Å²) in [6, 6.07) is 75.9. The fourth-order valence-electron chi connectivity index (χ4n) is 12.4. The molecule has 294 valence electrons. The molecule has 0 saturated carbocycles. The third-order valence-corrected chi connectivity index (χ3v) is 15.1. The van der Waals surface area contributed by atoms with E-state index in [1.54, 1.807) is 0 Å². The maximum Gasteiger partial charge on any atom is 0.0731 e. The second-order valence-corrected chi connectivity index (χ2v) is 18.8. The molecule has 4 aliphatic rings. The van der Waals surface area contributed by atoms with Gasteiger partial charge in [-0.2, -0.15) is 0 Å². The molecular formula is C61H45N. The van der Waals surface area contributed by atoms with Crippen molar-refractivity contribution >= 4 is 17.1 Å². The Morgan fingerprint density at radius 1 is 0.274 bits per heavy atom. The highest BCUT2D eigenvalue weighted by Crippen LogP contribution is 2.65. The van der Waals surface area contributed by atoms with Gasteiger partial charge in [0, 0.05) is 27.8 Å². The average Bonchev–Trinajstić information content (AvgIpc) is 3.95. The van der Waals surface area contributed by atoms with Gasteiger partial charge >= 0.3 is 0 Å². The van der Waals surface area contributed by atoms with Gasteiger partial charge in [-0.3, -0.25) is 0 Å². The summed E-state index contributed by atoms with van der Waals surface area (Å²) in [5, 5.41) is 0. The first-order valence-electron chi connectivity index (χ1n) is 22.1. The third-order valence-electron chi connectivity index (χ3n) is 15.1. The predicted molar refractivity (Wildman–Crippen MR) is 258 cm³/mol. The number of para-hydroxylation sites is 1. The number of hydrogen-bond donors (Lipinski definition) is 0. The van der Waals surface area contributed by atoms with Gasteiger partial charge in [-0.15, -0.1) is 0 Å². The van der Waals surface area contributed by atoms with Crippen LogP contribution in [-0.4, -0.2) is 0 Å². The van der Waals surface area contributed by atoms with E-state index >= 15 is 0 Å². The van der Waals surface area contributed by atoms with Crippen LogP contribution in [0.4, 0.5) is 17.1 Å². The summed E-state index contributed by atoms with van der Waals surface area (Å²) in [7, 11) is 0. The summed E-state index contributed by atoms with van der Waals surface area (Å²) >= 11 is 0. The van der Waals surface area contributed by atoms with Gasteiger partial charge in [-0.25, -0.2) is 0 Å². The van der Waals surface area contributed by atoms with E-state index in [1.165, 1.54) is 100 Å². The summed E-state index contributed by atoms with van der Waals surface area (Å²) in [5.41, 5.74) is 26.7. The summed E-state index contributed by atoms with van der Waals surface area (Å²) in [4.78, 5) is 2.55. The lowest BCUT2D eigenvalue weighted by atomic mass is 9.68. The average molecular weight is 792 g/mol. The monoisotopic (exact) mass is 791 g/mol. The molecule has 0 heterocycles. The van der Waals surface area contributed by atoms with E-state index in [0.717, 1.165) is 17.1 Å². The largest absolute Gasteiger partial charge is 0.310 e. The fraction of sp³-hybridized carbons (Fsp3) is 0.115. The molecule has 1 heteroatoms. The number of rotatable bonds is 4. The minimum absolute atomic E-state index is 0.142. The third kappa shape index (κ3) is 4.43. The molecule has 1 nitrogen and oxygen atoms in total. The minimum Gasteiger partial charge on any atom is -0.310 e. The van der Waals surface area contributed by atoms with Crippen LogP contribution in [0.1, 0.15) is 72.2 Å². The Morgan fingerprint density at radius 2 is 0.597 bits per heavy atom. The Kier molecular flexibility index (Phi) is 7.12. The van der Waals surface area contributed by atoms with E-state index in [0.29, 0.717) is 0 Å². The molecule has 0 radical (unpaired) electrons. The fourth-order valence-corrected chi connectivity index (χ4v) is 12.4. The highest BCUT2D eigenvalue weighted by Gasteiger charge is 2.53. The van der Waals surface area contributed by atoms with Crippen LogP contribution in [0.3, 0.4) is 0 Å². The van der Waals surface area contributed by atoms with Gasteiger partial charge in [0.25, 0.3) is 0 Å². The van der Waals surface area contributed by atoms with E-state index in [1.807, 2.05) is 0 Å². The Labute approximate surface area is 364 Å². The van der Waals surface area contributed by atoms with E-state index in [4.69, 9.17) is 0 Å². The van der Waals surface area contributed by atoms with Crippen molar-refractivity contribution < 1.29 is 0 Å². The van der Waals surface area contributed by atoms with Crippen molar-refractivity contribution in [2.75, 3.05) is 4.90 Å². The molecule has 13 rings (SSSR count). The molecule has 0 aromatic heterocycles. The van der Waals surface area contributed by atoms with Crippen LogP contribution in [-0.2, 0) is 16.2 Å². The first kappa shape index (κ1) is 35.5. The van der Waals surface area contributed by atoms with Crippen LogP contribution in [0.5, 0.6) is 0 Å². The van der Waals surface area contributed by atoms with E-state index in [-0.39, 0.29) is 10.8 Å². The van der Waals surface area contributed by atoms with Gasteiger partial charge in [0.2, 0.25) is 0 Å². The number of benzene rings is 9. The highest BCUT2D eigenvalue weighted by atomic mass is 15.1. The van der Waals surface area contributed by atoms with Crippen molar-refractivity contribution in [3.8, 4) is 55.6 Å². The zero-order chi connectivity index (χ0) is 41.5. The van der Waals surface area contributed by atoms with Crippen LogP contribution in [0.15, 0.2) is 200 Å². The topological polar surface area (TPSA) is 3.24 Å². The standard InChI is InChI=1S/C61H45N/c1-59(2)50-26-11-5-18-40(50)45-34-32-38(36-55(45)59)62(39-33-35-46-41-19-6-12-27-51(41)60(3,4)56(46)37-39)57-31-16-10-23-47(57)49-25-17-24-48-44-22-9-15-30-54(44)61(58(48)49)52-28-13-7-20-42(52)43-21-8-14-29-53(43)61/h5-37H,1-4H3. The van der Waals surface area contributed by atoms with Crippen molar-refractivity contribution in [3.63, 3.8) is 0 Å². The molecule has 0 fully saturated rings. The van der Waals surface area contributed by atoms with E-state index in [9.17, 15) is 0 Å². The molecule has 0 aliphatic heterocycles. The predicted octanol–water partition coefficient (Wildman–Crippen LogP) is 15.8. The molecule has 0 bridgehead atoms. The van der Waals surface area contributed by atoms with Crippen LogP contribution in [0.25, 0.3) is 55.6 Å². The van der Waals surface area contributed by atoms with Gasteiger partial charge < -0.3 is 4.90 Å². The van der Waals surface area contributed by atoms with Crippen molar-refractivity contribution in [1.29, 1.82) is 0 Å².